The molecule has 0 spiro atoms. The van der Waals surface area contributed by atoms with Gasteiger partial charge in [-0.05, 0) is 18.2 Å². The second-order valence-corrected chi connectivity index (χ2v) is 5.06. The first-order valence-electron chi connectivity index (χ1n) is 6.89. The van der Waals surface area contributed by atoms with Gasteiger partial charge in [-0.1, -0.05) is 0 Å². The Morgan fingerprint density at radius 2 is 1.86 bits per heavy atom. The molecule has 1 aromatic carbocycles. The van der Waals surface area contributed by atoms with Crippen molar-refractivity contribution in [2.24, 2.45) is 0 Å². The predicted molar refractivity (Wildman–Crippen MR) is 75.9 cm³/mol. The zero-order valence-electron chi connectivity index (χ0n) is 11.5. The Morgan fingerprint density at radius 3 is 2.57 bits per heavy atom. The van der Waals surface area contributed by atoms with E-state index < -0.39 is 5.82 Å². The van der Waals surface area contributed by atoms with E-state index in [1.165, 1.54) is 12.1 Å². The van der Waals surface area contributed by atoms with Crippen LogP contribution in [0.5, 0.6) is 0 Å². The molecule has 6 heteroatoms. The van der Waals surface area contributed by atoms with Crippen LogP contribution in [0.1, 0.15) is 5.56 Å². The van der Waals surface area contributed by atoms with Crippen LogP contribution in [-0.2, 0) is 6.54 Å². The number of anilines is 1. The van der Waals surface area contributed by atoms with Crippen molar-refractivity contribution in [3.8, 4) is 0 Å². The molecule has 1 aliphatic rings. The van der Waals surface area contributed by atoms with Crippen LogP contribution in [0.4, 0.5) is 14.6 Å². The van der Waals surface area contributed by atoms with Gasteiger partial charge in [0.2, 0.25) is 0 Å². The summed E-state index contributed by atoms with van der Waals surface area (Å²) in [6.07, 6.45) is 5.05. The smallest absolute Gasteiger partial charge is 0.147 e. The average molecular weight is 290 g/mol. The van der Waals surface area contributed by atoms with Crippen LogP contribution < -0.4 is 4.90 Å². The molecule has 1 aliphatic heterocycles. The third-order valence-electron chi connectivity index (χ3n) is 3.65. The highest BCUT2D eigenvalue weighted by molar-refractivity contribution is 5.35. The van der Waals surface area contributed by atoms with Gasteiger partial charge in [0, 0.05) is 50.7 Å². The number of hydrogen-bond donors (Lipinski definition) is 0. The number of rotatable bonds is 3. The fraction of sp³-hybridized carbons (Fsp3) is 0.333. The number of aromatic nitrogens is 2. The summed E-state index contributed by atoms with van der Waals surface area (Å²) >= 11 is 0. The number of nitrogens with zero attached hydrogens (tertiary/aromatic N) is 4. The van der Waals surface area contributed by atoms with Crippen LogP contribution in [0.3, 0.4) is 0 Å². The summed E-state index contributed by atoms with van der Waals surface area (Å²) in [7, 11) is 0. The van der Waals surface area contributed by atoms with Crippen molar-refractivity contribution < 1.29 is 8.78 Å². The highest BCUT2D eigenvalue weighted by atomic mass is 19.1. The molecule has 1 aromatic heterocycles. The van der Waals surface area contributed by atoms with E-state index in [-0.39, 0.29) is 5.82 Å². The minimum Gasteiger partial charge on any atom is -0.353 e. The normalized spacial score (nSPS) is 16.2. The predicted octanol–water partition coefficient (Wildman–Crippen LogP) is 2.08. The lowest BCUT2D eigenvalue weighted by atomic mass is 10.1. The highest BCUT2D eigenvalue weighted by Crippen LogP contribution is 2.16. The lowest BCUT2D eigenvalue weighted by Crippen LogP contribution is -2.46. The third-order valence-corrected chi connectivity index (χ3v) is 3.65. The standard InChI is InChI=1S/C15H16F2N4/c16-13-1-2-14(17)12(9-13)11-20-5-7-21(8-6-20)15-10-18-3-4-19-15/h1-4,9-10H,5-8,11H2. The Hall–Kier alpha value is -2.08. The SMILES string of the molecule is Fc1ccc(F)c(CN2CCN(c3cnccn3)CC2)c1. The van der Waals surface area contributed by atoms with E-state index in [4.69, 9.17) is 0 Å². The second-order valence-electron chi connectivity index (χ2n) is 5.06. The molecule has 0 N–H and O–H groups in total. The molecule has 0 aliphatic carbocycles. The van der Waals surface area contributed by atoms with Crippen molar-refractivity contribution in [2.75, 3.05) is 31.1 Å². The van der Waals surface area contributed by atoms with Crippen LogP contribution in [0.2, 0.25) is 0 Å². The van der Waals surface area contributed by atoms with Gasteiger partial charge in [0.25, 0.3) is 0 Å². The number of hydrogen-bond acceptors (Lipinski definition) is 4. The van der Waals surface area contributed by atoms with Crippen molar-refractivity contribution in [2.45, 2.75) is 6.54 Å². The molecular formula is C15H16F2N4. The van der Waals surface area contributed by atoms with Gasteiger partial charge in [0.15, 0.2) is 0 Å². The maximum Gasteiger partial charge on any atom is 0.147 e. The van der Waals surface area contributed by atoms with E-state index in [2.05, 4.69) is 19.8 Å². The molecule has 21 heavy (non-hydrogen) atoms. The van der Waals surface area contributed by atoms with Crippen LogP contribution in [0.15, 0.2) is 36.8 Å². The Labute approximate surface area is 122 Å². The lowest BCUT2D eigenvalue weighted by molar-refractivity contribution is 0.245. The minimum atomic E-state index is -0.399. The van der Waals surface area contributed by atoms with E-state index in [0.29, 0.717) is 12.1 Å². The zero-order chi connectivity index (χ0) is 14.7. The molecule has 0 radical (unpaired) electrons. The fourth-order valence-electron chi connectivity index (χ4n) is 2.49. The van der Waals surface area contributed by atoms with Crippen molar-refractivity contribution in [1.82, 2.24) is 14.9 Å². The van der Waals surface area contributed by atoms with Crippen LogP contribution in [-0.4, -0.2) is 41.0 Å². The Bertz CT molecular complexity index is 598. The van der Waals surface area contributed by atoms with Crippen LogP contribution >= 0.6 is 0 Å². The fourth-order valence-corrected chi connectivity index (χ4v) is 2.49. The van der Waals surface area contributed by atoms with E-state index >= 15 is 0 Å². The molecule has 110 valence electrons. The summed E-state index contributed by atoms with van der Waals surface area (Å²) in [5.41, 5.74) is 0.406. The Balaban J connectivity index is 1.60. The molecule has 0 unspecified atom stereocenters. The van der Waals surface area contributed by atoms with Crippen molar-refractivity contribution in [3.63, 3.8) is 0 Å². The summed E-state index contributed by atoms with van der Waals surface area (Å²) in [6.45, 7) is 3.60. The minimum absolute atomic E-state index is 0.354. The summed E-state index contributed by atoms with van der Waals surface area (Å²) in [6, 6.07) is 3.59. The molecule has 0 bridgehead atoms. The van der Waals surface area contributed by atoms with Gasteiger partial charge in [0.05, 0.1) is 6.20 Å². The maximum absolute atomic E-state index is 13.6. The number of halogens is 2. The van der Waals surface area contributed by atoms with E-state index in [0.717, 1.165) is 38.1 Å². The van der Waals surface area contributed by atoms with Gasteiger partial charge >= 0.3 is 0 Å². The maximum atomic E-state index is 13.6. The quantitative estimate of drug-likeness (QED) is 0.866. The Kier molecular flexibility index (Phi) is 4.06. The average Bonchev–Trinajstić information content (AvgIpc) is 2.53. The number of piperazine rings is 1. The van der Waals surface area contributed by atoms with E-state index in [9.17, 15) is 8.78 Å². The first-order chi connectivity index (χ1) is 10.2. The van der Waals surface area contributed by atoms with Gasteiger partial charge in [-0.2, -0.15) is 0 Å². The molecule has 1 fully saturated rings. The molecule has 2 aromatic rings. The van der Waals surface area contributed by atoms with Crippen LogP contribution in [0, 0.1) is 11.6 Å². The van der Waals surface area contributed by atoms with Gasteiger partial charge in [0.1, 0.15) is 17.5 Å². The second kappa shape index (κ2) is 6.13. The van der Waals surface area contributed by atoms with Gasteiger partial charge < -0.3 is 4.90 Å². The largest absolute Gasteiger partial charge is 0.353 e. The molecule has 0 saturated carbocycles. The molecular weight excluding hydrogens is 274 g/mol. The summed E-state index contributed by atoms with van der Waals surface area (Å²) < 4.78 is 26.8. The summed E-state index contributed by atoms with van der Waals surface area (Å²) in [5, 5.41) is 0. The summed E-state index contributed by atoms with van der Waals surface area (Å²) in [5.74, 6) is 0.103. The van der Waals surface area contributed by atoms with Gasteiger partial charge in [-0.25, -0.2) is 13.8 Å². The van der Waals surface area contributed by atoms with Gasteiger partial charge in [-0.3, -0.25) is 9.88 Å². The molecule has 0 amide bonds. The van der Waals surface area contributed by atoms with Crippen LogP contribution in [0.25, 0.3) is 0 Å². The van der Waals surface area contributed by atoms with Gasteiger partial charge in [-0.15, -0.1) is 0 Å². The first kappa shape index (κ1) is 13.9. The van der Waals surface area contributed by atoms with Crippen molar-refractivity contribution >= 4 is 5.82 Å². The van der Waals surface area contributed by atoms with Crippen molar-refractivity contribution in [1.29, 1.82) is 0 Å². The Morgan fingerprint density at radius 1 is 1.05 bits per heavy atom. The lowest BCUT2D eigenvalue weighted by Gasteiger charge is -2.35. The monoisotopic (exact) mass is 290 g/mol. The first-order valence-corrected chi connectivity index (χ1v) is 6.89. The van der Waals surface area contributed by atoms with E-state index in [1.807, 2.05) is 0 Å². The highest BCUT2D eigenvalue weighted by Gasteiger charge is 2.19. The molecule has 2 heterocycles. The molecule has 1 saturated heterocycles. The zero-order valence-corrected chi connectivity index (χ0v) is 11.5. The van der Waals surface area contributed by atoms with E-state index in [1.54, 1.807) is 18.6 Å². The van der Waals surface area contributed by atoms with Crippen molar-refractivity contribution in [3.05, 3.63) is 54.0 Å². The number of benzene rings is 1. The third kappa shape index (κ3) is 3.33. The molecule has 3 rings (SSSR count). The molecule has 4 nitrogen and oxygen atoms in total. The summed E-state index contributed by atoms with van der Waals surface area (Å²) in [4.78, 5) is 12.6. The molecule has 0 atom stereocenters. The topological polar surface area (TPSA) is 32.3 Å².